The first-order chi connectivity index (χ1) is 12.5. The Kier molecular flexibility index (Phi) is 5.43. The number of hydrogen-bond donors (Lipinski definition) is 0. The maximum Gasteiger partial charge on any atom is 0.345 e. The van der Waals surface area contributed by atoms with Crippen LogP contribution in [0.5, 0.6) is 11.5 Å². The third-order valence-electron chi connectivity index (χ3n) is 4.07. The van der Waals surface area contributed by atoms with Gasteiger partial charge in [0.05, 0.1) is 18.2 Å². The lowest BCUT2D eigenvalue weighted by Gasteiger charge is -2.15. The van der Waals surface area contributed by atoms with Gasteiger partial charge in [0.1, 0.15) is 11.5 Å². The van der Waals surface area contributed by atoms with E-state index in [-0.39, 0.29) is 12.2 Å². The highest BCUT2D eigenvalue weighted by molar-refractivity contribution is 6.30. The van der Waals surface area contributed by atoms with Gasteiger partial charge in [-0.05, 0) is 55.5 Å². The van der Waals surface area contributed by atoms with Gasteiger partial charge in [-0.2, -0.15) is 5.26 Å². The Balaban J connectivity index is 1.94. The van der Waals surface area contributed by atoms with E-state index in [4.69, 9.17) is 26.3 Å². The van der Waals surface area contributed by atoms with Gasteiger partial charge >= 0.3 is 5.97 Å². The summed E-state index contributed by atoms with van der Waals surface area (Å²) in [5.41, 5.74) is 1.49. The summed E-state index contributed by atoms with van der Waals surface area (Å²) in [5, 5.41) is 9.44. The van der Waals surface area contributed by atoms with E-state index in [2.05, 4.69) is 0 Å². The van der Waals surface area contributed by atoms with E-state index < -0.39 is 12.1 Å². The van der Waals surface area contributed by atoms with E-state index in [1.807, 2.05) is 6.07 Å². The van der Waals surface area contributed by atoms with Crippen molar-refractivity contribution in [2.45, 2.75) is 31.9 Å². The largest absolute Gasteiger partial charge is 0.464 e. The number of halogens is 2. The minimum Gasteiger partial charge on any atom is -0.464 e. The standard InChI is InChI=1S/C20H17ClFNO3/c1-2-25-20(24)19(22)14-5-6-17(13-3-4-13)18(9-14)26-16-8-12(11-23)7-15(21)10-16/h5-10,13,19H,2-4H2,1H3. The van der Waals surface area contributed by atoms with Crippen molar-refractivity contribution in [2.75, 3.05) is 6.61 Å². The molecule has 0 bridgehead atoms. The molecule has 0 radical (unpaired) electrons. The Morgan fingerprint density at radius 1 is 1.35 bits per heavy atom. The predicted octanol–water partition coefficient (Wildman–Crippen LogP) is 5.46. The quantitative estimate of drug-likeness (QED) is 0.631. The van der Waals surface area contributed by atoms with E-state index in [0.29, 0.717) is 28.0 Å². The summed E-state index contributed by atoms with van der Waals surface area (Å²) in [6.45, 7) is 1.74. The molecule has 134 valence electrons. The lowest BCUT2D eigenvalue weighted by molar-refractivity contribution is -0.149. The number of nitrogens with zero attached hydrogens (tertiary/aromatic N) is 1. The zero-order valence-corrected chi connectivity index (χ0v) is 14.9. The molecule has 4 nitrogen and oxygen atoms in total. The second-order valence-corrected chi connectivity index (χ2v) is 6.51. The summed E-state index contributed by atoms with van der Waals surface area (Å²) in [6, 6.07) is 11.6. The monoisotopic (exact) mass is 373 g/mol. The third-order valence-corrected chi connectivity index (χ3v) is 4.29. The molecule has 1 fully saturated rings. The van der Waals surface area contributed by atoms with Crippen molar-refractivity contribution in [3.8, 4) is 17.6 Å². The predicted molar refractivity (Wildman–Crippen MR) is 95.1 cm³/mol. The van der Waals surface area contributed by atoms with Crippen LogP contribution in [0, 0.1) is 11.3 Å². The number of carbonyl (C=O) groups excluding carboxylic acids is 1. The van der Waals surface area contributed by atoms with Crippen molar-refractivity contribution < 1.29 is 18.7 Å². The van der Waals surface area contributed by atoms with Crippen LogP contribution in [-0.4, -0.2) is 12.6 Å². The van der Waals surface area contributed by atoms with Gasteiger partial charge in [0.2, 0.25) is 6.17 Å². The third kappa shape index (κ3) is 4.14. The molecule has 0 heterocycles. The first-order valence-corrected chi connectivity index (χ1v) is 8.72. The van der Waals surface area contributed by atoms with Gasteiger partial charge in [-0.3, -0.25) is 0 Å². The van der Waals surface area contributed by atoms with E-state index in [1.165, 1.54) is 12.1 Å². The fourth-order valence-corrected chi connectivity index (χ4v) is 2.92. The summed E-state index contributed by atoms with van der Waals surface area (Å²) in [4.78, 5) is 11.7. The number of benzene rings is 2. The molecule has 6 heteroatoms. The molecular weight excluding hydrogens is 357 g/mol. The summed E-state index contributed by atoms with van der Waals surface area (Å²) < 4.78 is 25.0. The van der Waals surface area contributed by atoms with Gasteiger partial charge in [-0.25, -0.2) is 9.18 Å². The normalized spacial score (nSPS) is 14.4. The lowest BCUT2D eigenvalue weighted by Crippen LogP contribution is -2.12. The molecule has 1 atom stereocenters. The van der Waals surface area contributed by atoms with E-state index >= 15 is 0 Å². The van der Waals surface area contributed by atoms with E-state index in [0.717, 1.165) is 18.4 Å². The highest BCUT2D eigenvalue weighted by Crippen LogP contribution is 2.46. The van der Waals surface area contributed by atoms with Crippen LogP contribution in [0.3, 0.4) is 0 Å². The molecule has 0 amide bonds. The van der Waals surface area contributed by atoms with E-state index in [9.17, 15) is 9.18 Å². The molecule has 1 unspecified atom stereocenters. The zero-order chi connectivity index (χ0) is 18.7. The van der Waals surface area contributed by atoms with Crippen molar-refractivity contribution in [1.29, 1.82) is 5.26 Å². The molecule has 0 aliphatic heterocycles. The molecule has 0 saturated heterocycles. The average Bonchev–Trinajstić information content (AvgIpc) is 3.45. The molecule has 0 spiro atoms. The van der Waals surface area contributed by atoms with Crippen LogP contribution in [0.15, 0.2) is 36.4 Å². The first-order valence-electron chi connectivity index (χ1n) is 8.35. The molecule has 0 aromatic heterocycles. The number of esters is 1. The van der Waals surface area contributed by atoms with Crippen LogP contribution in [0.1, 0.15) is 48.5 Å². The maximum absolute atomic E-state index is 14.4. The summed E-state index contributed by atoms with van der Waals surface area (Å²) in [5.74, 6) is 0.282. The molecule has 0 N–H and O–H groups in total. The summed E-state index contributed by atoms with van der Waals surface area (Å²) in [7, 11) is 0. The van der Waals surface area contributed by atoms with Crippen molar-refractivity contribution >= 4 is 17.6 Å². The summed E-state index contributed by atoms with van der Waals surface area (Å²) >= 11 is 6.02. The molecule has 1 aliphatic carbocycles. The number of alkyl halides is 1. The second-order valence-electron chi connectivity index (χ2n) is 6.08. The molecule has 1 saturated carbocycles. The van der Waals surface area contributed by atoms with Crippen LogP contribution >= 0.6 is 11.6 Å². The lowest BCUT2D eigenvalue weighted by atomic mass is 10.0. The average molecular weight is 374 g/mol. The molecule has 2 aromatic rings. The second kappa shape index (κ2) is 7.76. The van der Waals surface area contributed by atoms with Gasteiger partial charge in [0.25, 0.3) is 0 Å². The van der Waals surface area contributed by atoms with Crippen LogP contribution in [0.4, 0.5) is 4.39 Å². The van der Waals surface area contributed by atoms with Gasteiger partial charge in [0.15, 0.2) is 0 Å². The van der Waals surface area contributed by atoms with Crippen LogP contribution in [0.2, 0.25) is 5.02 Å². The topological polar surface area (TPSA) is 59.3 Å². The Morgan fingerprint density at radius 2 is 2.12 bits per heavy atom. The fourth-order valence-electron chi connectivity index (χ4n) is 2.69. The number of hydrogen-bond acceptors (Lipinski definition) is 4. The summed E-state index contributed by atoms with van der Waals surface area (Å²) in [6.07, 6.45) is 0.191. The van der Waals surface area contributed by atoms with Crippen LogP contribution in [0.25, 0.3) is 0 Å². The van der Waals surface area contributed by atoms with Gasteiger partial charge < -0.3 is 9.47 Å². The number of ether oxygens (including phenoxy) is 2. The Hall–Kier alpha value is -2.58. The molecule has 1 aliphatic rings. The van der Waals surface area contributed by atoms with Gasteiger partial charge in [0, 0.05) is 10.6 Å². The van der Waals surface area contributed by atoms with Gasteiger partial charge in [-0.15, -0.1) is 0 Å². The number of nitriles is 1. The Bertz CT molecular complexity index is 874. The fraction of sp³-hybridized carbons (Fsp3) is 0.300. The zero-order valence-electron chi connectivity index (χ0n) is 14.2. The molecule has 26 heavy (non-hydrogen) atoms. The first kappa shape index (κ1) is 18.2. The van der Waals surface area contributed by atoms with Crippen LogP contribution < -0.4 is 4.74 Å². The Morgan fingerprint density at radius 3 is 2.77 bits per heavy atom. The highest BCUT2D eigenvalue weighted by Gasteiger charge is 2.29. The highest BCUT2D eigenvalue weighted by atomic mass is 35.5. The van der Waals surface area contributed by atoms with Crippen molar-refractivity contribution in [2.24, 2.45) is 0 Å². The molecular formula is C20H17ClFNO3. The van der Waals surface area contributed by atoms with E-state index in [1.54, 1.807) is 31.2 Å². The number of rotatable bonds is 6. The molecule has 2 aromatic carbocycles. The van der Waals surface area contributed by atoms with Crippen LogP contribution in [-0.2, 0) is 9.53 Å². The maximum atomic E-state index is 14.4. The Labute approximate surface area is 156 Å². The minimum atomic E-state index is -1.88. The number of carbonyl (C=O) groups is 1. The smallest absolute Gasteiger partial charge is 0.345 e. The van der Waals surface area contributed by atoms with Crippen molar-refractivity contribution in [1.82, 2.24) is 0 Å². The van der Waals surface area contributed by atoms with Crippen molar-refractivity contribution in [3.05, 3.63) is 58.1 Å². The van der Waals surface area contributed by atoms with Gasteiger partial charge in [-0.1, -0.05) is 23.7 Å². The molecule has 3 rings (SSSR count). The SMILES string of the molecule is CCOC(=O)C(F)c1ccc(C2CC2)c(Oc2cc(Cl)cc(C#N)c2)c1. The minimum absolute atomic E-state index is 0.113. The van der Waals surface area contributed by atoms with Crippen molar-refractivity contribution in [3.63, 3.8) is 0 Å².